The van der Waals surface area contributed by atoms with Crippen molar-refractivity contribution in [3.05, 3.63) is 41.7 Å². The summed E-state index contributed by atoms with van der Waals surface area (Å²) in [6.07, 6.45) is 3.44. The van der Waals surface area contributed by atoms with E-state index in [2.05, 4.69) is 34.7 Å². The predicted molar refractivity (Wildman–Crippen MR) is 137 cm³/mol. The molecule has 0 atom stereocenters. The first-order valence-electron chi connectivity index (χ1n) is 11.4. The lowest BCUT2D eigenvalue weighted by molar-refractivity contribution is -0.162. The lowest BCUT2D eigenvalue weighted by Gasteiger charge is -2.25. The number of Topliss-reactive ketones (excluding diaryl/α,β-unsaturated/α-hetero) is 1. The van der Waals surface area contributed by atoms with E-state index in [1.807, 2.05) is 30.3 Å². The molecule has 3 rings (SSSR count). The fourth-order valence-corrected chi connectivity index (χ4v) is 3.33. The standard InChI is InChI=1S/C10H8N4.C8H12O6.C6H13N3O/c1-12-10-8(9(11)13-14-10)7-5-3-2-4-6-7;1-12-4-5(9)6(7(10)13-2)8(11)14-3;7-8-6(10)9-4-2-1-3-5-9/h2-6H,(H3,11,13,14);6H,4H2,1-3H3;1-5,7H2,(H,8,10). The maximum atomic E-state index is 11.2. The van der Waals surface area contributed by atoms with Crippen molar-refractivity contribution >= 4 is 35.4 Å². The normalized spacial score (nSPS) is 12.1. The van der Waals surface area contributed by atoms with E-state index >= 15 is 0 Å². The van der Waals surface area contributed by atoms with Gasteiger partial charge in [0, 0.05) is 20.2 Å². The molecule has 0 radical (unpaired) electrons. The highest BCUT2D eigenvalue weighted by Gasteiger charge is 2.35. The Bertz CT molecular complexity index is 1080. The topological polar surface area (TPSA) is 196 Å². The molecule has 1 aliphatic heterocycles. The Morgan fingerprint density at radius 3 is 2.13 bits per heavy atom. The van der Waals surface area contributed by atoms with E-state index in [0.717, 1.165) is 45.7 Å². The van der Waals surface area contributed by atoms with Crippen molar-refractivity contribution in [3.8, 4) is 11.1 Å². The van der Waals surface area contributed by atoms with Gasteiger partial charge in [-0.3, -0.25) is 19.8 Å². The van der Waals surface area contributed by atoms with Gasteiger partial charge in [0.1, 0.15) is 6.61 Å². The average Bonchev–Trinajstić information content (AvgIpc) is 3.34. The van der Waals surface area contributed by atoms with Crippen LogP contribution in [0.1, 0.15) is 19.3 Å². The summed E-state index contributed by atoms with van der Waals surface area (Å²) in [5.74, 6) is 1.58. The number of ether oxygens (including phenoxy) is 3. The number of amides is 2. The fraction of sp³-hybridized carbons (Fsp3) is 0.417. The Labute approximate surface area is 220 Å². The SMILES string of the molecule is COCC(=O)C(C(=O)OC)C(=O)OC.NNC(=O)N1CCCCC1.[C-]#[N+]c1[nH]nc(N)c1-c1ccccc1. The summed E-state index contributed by atoms with van der Waals surface area (Å²) in [4.78, 5) is 49.2. The zero-order valence-corrected chi connectivity index (χ0v) is 21.6. The quantitative estimate of drug-likeness (QED) is 0.106. The molecule has 0 aliphatic carbocycles. The summed E-state index contributed by atoms with van der Waals surface area (Å²) in [6.45, 7) is 8.31. The van der Waals surface area contributed by atoms with Crippen molar-refractivity contribution in [2.75, 3.05) is 46.8 Å². The zero-order valence-electron chi connectivity index (χ0n) is 21.6. The number of urea groups is 1. The number of rotatable bonds is 6. The molecule has 2 aromatic rings. The number of aromatic nitrogens is 2. The van der Waals surface area contributed by atoms with E-state index in [1.54, 1.807) is 4.90 Å². The first-order valence-corrected chi connectivity index (χ1v) is 11.4. The highest BCUT2D eigenvalue weighted by atomic mass is 16.5. The third-order valence-electron chi connectivity index (χ3n) is 5.20. The van der Waals surface area contributed by atoms with Gasteiger partial charge in [0.25, 0.3) is 5.82 Å². The van der Waals surface area contributed by atoms with Gasteiger partial charge < -0.3 is 29.7 Å². The molecular weight excluding hydrogens is 498 g/mol. The highest BCUT2D eigenvalue weighted by molar-refractivity contribution is 6.15. The number of nitrogen functional groups attached to an aromatic ring is 1. The number of methoxy groups -OCH3 is 3. The number of nitrogens with one attached hydrogen (secondary N) is 2. The second-order valence-corrected chi connectivity index (χ2v) is 7.69. The van der Waals surface area contributed by atoms with Crippen LogP contribution in [0.5, 0.6) is 0 Å². The monoisotopic (exact) mass is 531 g/mol. The molecule has 14 heteroatoms. The van der Waals surface area contributed by atoms with Crippen LogP contribution in [0.25, 0.3) is 16.0 Å². The van der Waals surface area contributed by atoms with Gasteiger partial charge in [0.2, 0.25) is 5.92 Å². The Balaban J connectivity index is 0.000000290. The lowest BCUT2D eigenvalue weighted by atomic mass is 10.1. The van der Waals surface area contributed by atoms with E-state index in [9.17, 15) is 19.2 Å². The molecule has 38 heavy (non-hydrogen) atoms. The minimum atomic E-state index is -1.55. The summed E-state index contributed by atoms with van der Waals surface area (Å²) < 4.78 is 13.1. The molecule has 1 saturated heterocycles. The Morgan fingerprint density at radius 1 is 1.08 bits per heavy atom. The van der Waals surface area contributed by atoms with Crippen molar-refractivity contribution in [3.63, 3.8) is 0 Å². The molecule has 1 fully saturated rings. The van der Waals surface area contributed by atoms with Crippen LogP contribution >= 0.6 is 0 Å². The summed E-state index contributed by atoms with van der Waals surface area (Å²) in [6, 6.07) is 9.35. The van der Waals surface area contributed by atoms with Gasteiger partial charge in [-0.05, 0) is 24.8 Å². The maximum absolute atomic E-state index is 11.2. The fourth-order valence-electron chi connectivity index (χ4n) is 3.33. The Kier molecular flexibility index (Phi) is 14.2. The van der Waals surface area contributed by atoms with Crippen molar-refractivity contribution in [2.24, 2.45) is 11.8 Å². The number of hydrogen-bond acceptors (Lipinski definition) is 10. The van der Waals surface area contributed by atoms with Gasteiger partial charge in [-0.1, -0.05) is 42.0 Å². The number of hydrazine groups is 1. The predicted octanol–water partition coefficient (Wildman–Crippen LogP) is 1.43. The summed E-state index contributed by atoms with van der Waals surface area (Å²) in [5.41, 5.74) is 9.37. The van der Waals surface area contributed by atoms with Crippen molar-refractivity contribution in [1.82, 2.24) is 20.5 Å². The molecule has 1 aromatic carbocycles. The molecule has 2 heterocycles. The first kappa shape index (κ1) is 31.5. The average molecular weight is 532 g/mol. The van der Waals surface area contributed by atoms with Gasteiger partial charge in [-0.15, -0.1) is 0 Å². The van der Waals surface area contributed by atoms with Crippen molar-refractivity contribution in [1.29, 1.82) is 0 Å². The third-order valence-corrected chi connectivity index (χ3v) is 5.20. The van der Waals surface area contributed by atoms with Crippen molar-refractivity contribution < 1.29 is 33.4 Å². The van der Waals surface area contributed by atoms with E-state index < -0.39 is 23.6 Å². The van der Waals surface area contributed by atoms with Crippen LogP contribution in [0.3, 0.4) is 0 Å². The molecule has 2 amide bonds. The highest BCUT2D eigenvalue weighted by Crippen LogP contribution is 2.32. The summed E-state index contributed by atoms with van der Waals surface area (Å²) >= 11 is 0. The van der Waals surface area contributed by atoms with Crippen LogP contribution in [0, 0.1) is 12.5 Å². The largest absolute Gasteiger partial charge is 0.468 e. The number of esters is 2. The van der Waals surface area contributed by atoms with E-state index in [-0.39, 0.29) is 12.6 Å². The second-order valence-electron chi connectivity index (χ2n) is 7.69. The summed E-state index contributed by atoms with van der Waals surface area (Å²) in [5, 5.41) is 6.40. The molecule has 6 N–H and O–H groups in total. The van der Waals surface area contributed by atoms with Crippen LogP contribution in [-0.2, 0) is 28.6 Å². The first-order chi connectivity index (χ1) is 18.2. The van der Waals surface area contributed by atoms with E-state index in [4.69, 9.17) is 18.1 Å². The molecule has 0 saturated carbocycles. The number of ketones is 1. The molecule has 0 unspecified atom stereocenters. The van der Waals surface area contributed by atoms with Gasteiger partial charge in [0.05, 0.1) is 19.8 Å². The molecule has 0 bridgehead atoms. The maximum Gasteiger partial charge on any atom is 0.331 e. The lowest BCUT2D eigenvalue weighted by Crippen LogP contribution is -2.45. The number of benzene rings is 1. The number of H-pyrrole nitrogens is 1. The molecule has 0 spiro atoms. The van der Waals surface area contributed by atoms with Crippen LogP contribution < -0.4 is 17.0 Å². The van der Waals surface area contributed by atoms with Crippen LogP contribution in [0.15, 0.2) is 30.3 Å². The van der Waals surface area contributed by atoms with E-state index in [1.165, 1.54) is 13.5 Å². The molecule has 1 aromatic heterocycles. The number of nitrogens with zero attached hydrogens (tertiary/aromatic N) is 3. The van der Waals surface area contributed by atoms with Gasteiger partial charge >= 0.3 is 18.0 Å². The second kappa shape index (κ2) is 17.1. The molecule has 1 aliphatic rings. The minimum Gasteiger partial charge on any atom is -0.468 e. The number of likely N-dealkylation sites (tertiary alicyclic amines) is 1. The molecule has 14 nitrogen and oxygen atoms in total. The molecular formula is C24H33N7O7. The number of carbonyl (C=O) groups excluding carboxylic acids is 4. The van der Waals surface area contributed by atoms with Crippen LogP contribution in [-0.4, -0.2) is 79.9 Å². The number of piperidine rings is 1. The Hall–Kier alpha value is -4.48. The van der Waals surface area contributed by atoms with Crippen molar-refractivity contribution in [2.45, 2.75) is 19.3 Å². The zero-order chi connectivity index (χ0) is 28.5. The minimum absolute atomic E-state index is 0.153. The van der Waals surface area contributed by atoms with E-state index in [0.29, 0.717) is 17.2 Å². The number of carbonyl (C=O) groups is 4. The molecule has 206 valence electrons. The number of aromatic amines is 1. The van der Waals surface area contributed by atoms with Crippen LogP contribution in [0.2, 0.25) is 0 Å². The van der Waals surface area contributed by atoms with Gasteiger partial charge in [0.15, 0.2) is 11.6 Å². The number of anilines is 1. The van der Waals surface area contributed by atoms with Gasteiger partial charge in [-0.2, -0.15) is 0 Å². The number of hydrogen-bond donors (Lipinski definition) is 4. The smallest absolute Gasteiger partial charge is 0.331 e. The third kappa shape index (κ3) is 9.52. The van der Waals surface area contributed by atoms with Crippen LogP contribution in [0.4, 0.5) is 16.4 Å². The summed E-state index contributed by atoms with van der Waals surface area (Å²) in [7, 11) is 3.44. The number of nitrogens with two attached hydrogens (primary N) is 2. The Morgan fingerprint density at radius 2 is 1.66 bits per heavy atom. The van der Waals surface area contributed by atoms with Gasteiger partial charge in [-0.25, -0.2) is 15.7 Å².